The number of ether oxygens (including phenoxy) is 1. The quantitative estimate of drug-likeness (QED) is 0.199. The van der Waals surface area contributed by atoms with Crippen molar-refractivity contribution >= 4 is 0 Å². The lowest BCUT2D eigenvalue weighted by Gasteiger charge is -2.12. The number of halogens is 8. The summed E-state index contributed by atoms with van der Waals surface area (Å²) in [5.41, 5.74) is -0.153. The molecule has 3 rings (SSSR count). The Labute approximate surface area is 197 Å². The maximum atomic E-state index is 14.8. The number of benzene rings is 3. The zero-order valence-electron chi connectivity index (χ0n) is 18.5. The minimum Gasteiger partial charge on any atom is -0.481 e. The van der Waals surface area contributed by atoms with Crippen LogP contribution in [0.2, 0.25) is 0 Å². The summed E-state index contributed by atoms with van der Waals surface area (Å²) in [5.74, 6) is -4.40. The molecule has 35 heavy (non-hydrogen) atoms. The summed E-state index contributed by atoms with van der Waals surface area (Å²) < 4.78 is 112. The first-order valence-corrected chi connectivity index (χ1v) is 10.9. The fraction of sp³-hybridized carbons (Fsp3) is 0.308. The molecule has 0 saturated carbocycles. The highest BCUT2D eigenvalue weighted by atomic mass is 19.4. The van der Waals surface area contributed by atoms with Crippen molar-refractivity contribution in [1.82, 2.24) is 0 Å². The van der Waals surface area contributed by atoms with Gasteiger partial charge in [0.05, 0.1) is 12.2 Å². The smallest absolute Gasteiger partial charge is 0.422 e. The molecule has 9 heteroatoms. The highest BCUT2D eigenvalue weighted by molar-refractivity contribution is 5.72. The number of aryl methyl sites for hydroxylation is 1. The zero-order valence-corrected chi connectivity index (χ0v) is 18.5. The van der Waals surface area contributed by atoms with Crippen LogP contribution in [-0.2, 0) is 6.42 Å². The Morgan fingerprint density at radius 1 is 0.657 bits per heavy atom. The molecule has 0 aliphatic heterocycles. The van der Waals surface area contributed by atoms with Crippen molar-refractivity contribution in [2.24, 2.45) is 0 Å². The van der Waals surface area contributed by atoms with Gasteiger partial charge in [0.1, 0.15) is 17.5 Å². The van der Waals surface area contributed by atoms with Crippen molar-refractivity contribution in [1.29, 1.82) is 0 Å². The summed E-state index contributed by atoms with van der Waals surface area (Å²) in [6.07, 6.45) is -1.70. The van der Waals surface area contributed by atoms with E-state index in [0.29, 0.717) is 31.2 Å². The molecule has 0 atom stereocenters. The van der Waals surface area contributed by atoms with Crippen molar-refractivity contribution in [3.05, 3.63) is 77.4 Å². The van der Waals surface area contributed by atoms with Gasteiger partial charge in [-0.25, -0.2) is 17.6 Å². The van der Waals surface area contributed by atoms with Gasteiger partial charge in [0.2, 0.25) is 0 Å². The van der Waals surface area contributed by atoms with Gasteiger partial charge in [-0.2, -0.15) is 13.2 Å². The second kappa shape index (κ2) is 11.6. The standard InChI is InChI=1S/C26H22F8O/c27-10-4-2-1-3-5-16-11-22(30)25(23(31)12-16)18-6-8-19(20(28)14-18)17-7-9-24(21(29)13-17)35-15-26(32,33)34/h6-9,11-14H,1-5,10,15H2. The van der Waals surface area contributed by atoms with E-state index in [1.54, 1.807) is 0 Å². The van der Waals surface area contributed by atoms with Crippen molar-refractivity contribution in [3.63, 3.8) is 0 Å². The highest BCUT2D eigenvalue weighted by Crippen LogP contribution is 2.33. The van der Waals surface area contributed by atoms with Crippen LogP contribution >= 0.6 is 0 Å². The molecule has 0 fully saturated rings. The predicted molar refractivity (Wildman–Crippen MR) is 117 cm³/mol. The predicted octanol–water partition coefficient (Wildman–Crippen LogP) is 8.59. The molecule has 0 spiro atoms. The minimum absolute atomic E-state index is 0.00922. The Bertz CT molecular complexity index is 1130. The molecule has 0 heterocycles. The first-order chi connectivity index (χ1) is 16.6. The summed E-state index contributed by atoms with van der Waals surface area (Å²) in [4.78, 5) is 0. The molecule has 1 nitrogen and oxygen atoms in total. The van der Waals surface area contributed by atoms with Crippen LogP contribution in [0, 0.1) is 23.3 Å². The van der Waals surface area contributed by atoms with Crippen LogP contribution in [0.15, 0.2) is 48.5 Å². The van der Waals surface area contributed by atoms with Crippen LogP contribution in [-0.4, -0.2) is 19.5 Å². The fourth-order valence-electron chi connectivity index (χ4n) is 3.67. The van der Waals surface area contributed by atoms with E-state index in [0.717, 1.165) is 24.6 Å². The number of rotatable bonds is 10. The molecular formula is C26H22F8O. The second-order valence-corrected chi connectivity index (χ2v) is 8.03. The average molecular weight is 502 g/mol. The minimum atomic E-state index is -4.65. The molecule has 0 amide bonds. The number of hydrogen-bond donors (Lipinski definition) is 0. The van der Waals surface area contributed by atoms with E-state index in [2.05, 4.69) is 4.74 Å². The van der Waals surface area contributed by atoms with Crippen LogP contribution < -0.4 is 4.74 Å². The molecule has 0 aliphatic rings. The normalized spacial score (nSPS) is 11.7. The summed E-state index contributed by atoms with van der Waals surface area (Å²) in [6.45, 7) is -2.08. The van der Waals surface area contributed by atoms with Crippen LogP contribution in [0.25, 0.3) is 22.3 Å². The Hall–Kier alpha value is -3.10. The summed E-state index contributed by atoms with van der Waals surface area (Å²) in [5, 5.41) is 0. The SMILES string of the molecule is FCCCCCCc1cc(F)c(-c2ccc(-c3ccc(OCC(F)(F)F)c(F)c3)c(F)c2)c(F)c1. The monoisotopic (exact) mass is 502 g/mol. The van der Waals surface area contributed by atoms with Gasteiger partial charge >= 0.3 is 6.18 Å². The molecule has 0 radical (unpaired) electrons. The molecule has 0 unspecified atom stereocenters. The van der Waals surface area contributed by atoms with Gasteiger partial charge in [0.25, 0.3) is 0 Å². The lowest BCUT2D eigenvalue weighted by atomic mass is 9.97. The van der Waals surface area contributed by atoms with Gasteiger partial charge in [0, 0.05) is 5.56 Å². The number of alkyl halides is 4. The molecule has 188 valence electrons. The maximum Gasteiger partial charge on any atom is 0.422 e. The van der Waals surface area contributed by atoms with Gasteiger partial charge in [-0.15, -0.1) is 0 Å². The van der Waals surface area contributed by atoms with Crippen LogP contribution in [0.1, 0.15) is 31.2 Å². The van der Waals surface area contributed by atoms with Crippen LogP contribution in [0.3, 0.4) is 0 Å². The molecule has 3 aromatic rings. The van der Waals surface area contributed by atoms with E-state index < -0.39 is 54.0 Å². The first kappa shape index (κ1) is 26.5. The van der Waals surface area contributed by atoms with E-state index >= 15 is 0 Å². The molecule has 0 aromatic heterocycles. The Kier molecular flexibility index (Phi) is 8.75. The van der Waals surface area contributed by atoms with Gasteiger partial charge < -0.3 is 4.74 Å². The third-order valence-corrected chi connectivity index (χ3v) is 5.34. The maximum absolute atomic E-state index is 14.8. The topological polar surface area (TPSA) is 9.23 Å². The Morgan fingerprint density at radius 3 is 1.89 bits per heavy atom. The molecule has 3 aromatic carbocycles. The summed E-state index contributed by atoms with van der Waals surface area (Å²) in [7, 11) is 0. The van der Waals surface area contributed by atoms with E-state index in [1.807, 2.05) is 0 Å². The Balaban J connectivity index is 1.78. The summed E-state index contributed by atoms with van der Waals surface area (Å²) in [6, 6.07) is 8.65. The van der Waals surface area contributed by atoms with Crippen LogP contribution in [0.4, 0.5) is 35.1 Å². The number of hydrogen-bond acceptors (Lipinski definition) is 1. The van der Waals surface area contributed by atoms with Gasteiger partial charge in [-0.05, 0) is 66.3 Å². The number of unbranched alkanes of at least 4 members (excludes halogenated alkanes) is 3. The molecule has 0 N–H and O–H groups in total. The van der Waals surface area contributed by atoms with E-state index in [9.17, 15) is 35.1 Å². The van der Waals surface area contributed by atoms with Gasteiger partial charge in [0.15, 0.2) is 18.2 Å². The lowest BCUT2D eigenvalue weighted by molar-refractivity contribution is -0.153. The average Bonchev–Trinajstić information content (AvgIpc) is 2.77. The van der Waals surface area contributed by atoms with Crippen molar-refractivity contribution in [2.75, 3.05) is 13.3 Å². The fourth-order valence-corrected chi connectivity index (χ4v) is 3.67. The van der Waals surface area contributed by atoms with Crippen molar-refractivity contribution in [2.45, 2.75) is 38.3 Å². The van der Waals surface area contributed by atoms with Gasteiger partial charge in [-0.3, -0.25) is 4.39 Å². The third kappa shape index (κ3) is 7.19. The van der Waals surface area contributed by atoms with E-state index in [4.69, 9.17) is 0 Å². The molecular weight excluding hydrogens is 480 g/mol. The molecule has 0 saturated heterocycles. The zero-order chi connectivity index (χ0) is 25.6. The van der Waals surface area contributed by atoms with Crippen molar-refractivity contribution in [3.8, 4) is 28.0 Å². The Morgan fingerprint density at radius 2 is 1.29 bits per heavy atom. The van der Waals surface area contributed by atoms with E-state index in [1.165, 1.54) is 30.3 Å². The second-order valence-electron chi connectivity index (χ2n) is 8.03. The van der Waals surface area contributed by atoms with E-state index in [-0.39, 0.29) is 16.7 Å². The molecule has 0 bridgehead atoms. The largest absolute Gasteiger partial charge is 0.481 e. The molecule has 0 aliphatic carbocycles. The van der Waals surface area contributed by atoms with Crippen LogP contribution in [0.5, 0.6) is 5.75 Å². The highest BCUT2D eigenvalue weighted by Gasteiger charge is 2.29. The van der Waals surface area contributed by atoms with Crippen molar-refractivity contribution < 1.29 is 39.9 Å². The first-order valence-electron chi connectivity index (χ1n) is 10.9. The summed E-state index contributed by atoms with van der Waals surface area (Å²) >= 11 is 0. The van der Waals surface area contributed by atoms with Gasteiger partial charge in [-0.1, -0.05) is 31.0 Å². The third-order valence-electron chi connectivity index (χ3n) is 5.34. The lowest BCUT2D eigenvalue weighted by Crippen LogP contribution is -2.19.